The number of carbonyl (C=O) groups is 1. The average molecular weight is 212 g/mol. The molecule has 1 aliphatic carbocycles. The zero-order chi connectivity index (χ0) is 11.1. The maximum absolute atomic E-state index is 10.1. The Morgan fingerprint density at radius 2 is 2.07 bits per heavy atom. The second-order valence-corrected chi connectivity index (χ2v) is 4.19. The maximum Gasteiger partial charge on any atom is 0.505 e. The van der Waals surface area contributed by atoms with Gasteiger partial charge in [-0.25, -0.2) is 4.79 Å². The second kappa shape index (κ2) is 6.49. The molecule has 1 rings (SSSR count). The van der Waals surface area contributed by atoms with Gasteiger partial charge in [0.1, 0.15) is 0 Å². The summed E-state index contributed by atoms with van der Waals surface area (Å²) in [5.74, 6) is 0.726. The highest BCUT2D eigenvalue weighted by atomic mass is 16.7. The molecule has 0 spiro atoms. The Bertz CT molecular complexity index is 227. The molecule has 0 aromatic carbocycles. The number of hydrogen-bond donors (Lipinski definition) is 1. The van der Waals surface area contributed by atoms with E-state index >= 15 is 0 Å². The first-order chi connectivity index (χ1) is 7.20. The van der Waals surface area contributed by atoms with Crippen molar-refractivity contribution in [1.29, 1.82) is 0 Å². The van der Waals surface area contributed by atoms with Gasteiger partial charge in [-0.1, -0.05) is 30.9 Å². The summed E-state index contributed by atoms with van der Waals surface area (Å²) < 4.78 is 4.45. The molecular formula is C12H20O3. The summed E-state index contributed by atoms with van der Waals surface area (Å²) in [4.78, 5) is 10.1. The third kappa shape index (κ3) is 4.86. The lowest BCUT2D eigenvalue weighted by atomic mass is 9.84. The van der Waals surface area contributed by atoms with Crippen LogP contribution in [0.2, 0.25) is 0 Å². The molecule has 0 bridgehead atoms. The van der Waals surface area contributed by atoms with Crippen LogP contribution in [0.5, 0.6) is 0 Å². The quantitative estimate of drug-likeness (QED) is 0.440. The summed E-state index contributed by atoms with van der Waals surface area (Å²) >= 11 is 0. The first kappa shape index (κ1) is 12.1. The van der Waals surface area contributed by atoms with Crippen molar-refractivity contribution in [3.05, 3.63) is 11.6 Å². The monoisotopic (exact) mass is 212 g/mol. The Morgan fingerprint density at radius 1 is 1.40 bits per heavy atom. The van der Waals surface area contributed by atoms with E-state index in [-0.39, 0.29) is 6.61 Å². The lowest BCUT2D eigenvalue weighted by molar-refractivity contribution is 0.0932. The van der Waals surface area contributed by atoms with E-state index in [1.807, 2.05) is 0 Å². The molecule has 0 aromatic heterocycles. The van der Waals surface area contributed by atoms with Crippen molar-refractivity contribution >= 4 is 6.16 Å². The van der Waals surface area contributed by atoms with E-state index in [9.17, 15) is 4.79 Å². The molecule has 3 heteroatoms. The van der Waals surface area contributed by atoms with Crippen LogP contribution < -0.4 is 0 Å². The number of hydrogen-bond acceptors (Lipinski definition) is 2. The van der Waals surface area contributed by atoms with Crippen LogP contribution in [-0.2, 0) is 4.74 Å². The van der Waals surface area contributed by atoms with Gasteiger partial charge < -0.3 is 9.84 Å². The zero-order valence-corrected chi connectivity index (χ0v) is 9.37. The second-order valence-electron chi connectivity index (χ2n) is 4.19. The first-order valence-corrected chi connectivity index (χ1v) is 5.72. The van der Waals surface area contributed by atoms with E-state index in [1.54, 1.807) is 0 Å². The molecule has 3 nitrogen and oxygen atoms in total. The van der Waals surface area contributed by atoms with Crippen molar-refractivity contribution in [3.8, 4) is 0 Å². The number of allylic oxidation sites excluding steroid dienone is 1. The maximum atomic E-state index is 10.1. The van der Waals surface area contributed by atoms with E-state index in [1.165, 1.54) is 37.7 Å². The topological polar surface area (TPSA) is 46.5 Å². The Labute approximate surface area is 91.1 Å². The summed E-state index contributed by atoms with van der Waals surface area (Å²) in [6, 6.07) is 0. The van der Waals surface area contributed by atoms with Crippen LogP contribution in [0.4, 0.5) is 4.79 Å². The number of rotatable bonds is 4. The van der Waals surface area contributed by atoms with E-state index in [4.69, 9.17) is 5.11 Å². The Hall–Kier alpha value is -0.990. The van der Waals surface area contributed by atoms with Gasteiger partial charge >= 0.3 is 6.16 Å². The molecule has 0 unspecified atom stereocenters. The third-order valence-electron chi connectivity index (χ3n) is 3.06. The van der Waals surface area contributed by atoms with E-state index in [0.717, 1.165) is 5.92 Å². The third-order valence-corrected chi connectivity index (χ3v) is 3.06. The number of ether oxygens (including phenoxy) is 1. The lowest BCUT2D eigenvalue weighted by Gasteiger charge is -2.22. The van der Waals surface area contributed by atoms with Crippen molar-refractivity contribution in [3.63, 3.8) is 0 Å². The molecule has 1 N–H and O–H groups in total. The molecule has 0 saturated heterocycles. The first-order valence-electron chi connectivity index (χ1n) is 5.72. The van der Waals surface area contributed by atoms with Crippen LogP contribution in [0.15, 0.2) is 11.6 Å². The smallest absolute Gasteiger partial charge is 0.450 e. The van der Waals surface area contributed by atoms with Gasteiger partial charge in [0.25, 0.3) is 0 Å². The Kier molecular flexibility index (Phi) is 5.22. The van der Waals surface area contributed by atoms with Crippen molar-refractivity contribution in [2.24, 2.45) is 5.92 Å². The fourth-order valence-electron chi connectivity index (χ4n) is 2.16. The Balaban J connectivity index is 2.22. The van der Waals surface area contributed by atoms with Crippen LogP contribution in [0, 0.1) is 5.92 Å². The summed E-state index contributed by atoms with van der Waals surface area (Å²) in [6.45, 7) is 2.43. The minimum Gasteiger partial charge on any atom is -0.450 e. The SMILES string of the molecule is C/C(=C\CCOC(=O)O)C1CCCCC1. The zero-order valence-electron chi connectivity index (χ0n) is 9.37. The normalized spacial score (nSPS) is 18.9. The molecule has 0 radical (unpaired) electrons. The van der Waals surface area contributed by atoms with Gasteiger partial charge in [0, 0.05) is 0 Å². The highest BCUT2D eigenvalue weighted by molar-refractivity contribution is 5.56. The van der Waals surface area contributed by atoms with E-state index in [0.29, 0.717) is 6.42 Å². The highest BCUT2D eigenvalue weighted by Gasteiger charge is 2.14. The molecule has 86 valence electrons. The van der Waals surface area contributed by atoms with Crippen LogP contribution in [-0.4, -0.2) is 17.9 Å². The van der Waals surface area contributed by atoms with Crippen molar-refractivity contribution in [2.75, 3.05) is 6.61 Å². The lowest BCUT2D eigenvalue weighted by Crippen LogP contribution is -2.08. The highest BCUT2D eigenvalue weighted by Crippen LogP contribution is 2.29. The molecule has 1 aliphatic rings. The molecule has 15 heavy (non-hydrogen) atoms. The van der Waals surface area contributed by atoms with Crippen LogP contribution in [0.1, 0.15) is 45.4 Å². The van der Waals surface area contributed by atoms with E-state index < -0.39 is 6.16 Å². The molecule has 1 saturated carbocycles. The molecule has 0 heterocycles. The van der Waals surface area contributed by atoms with Crippen molar-refractivity contribution in [2.45, 2.75) is 45.4 Å². The Morgan fingerprint density at radius 3 is 2.67 bits per heavy atom. The van der Waals surface area contributed by atoms with Crippen molar-refractivity contribution in [1.82, 2.24) is 0 Å². The molecule has 0 aromatic rings. The average Bonchev–Trinajstić information content (AvgIpc) is 2.25. The summed E-state index contributed by atoms with van der Waals surface area (Å²) in [5.41, 5.74) is 1.41. The predicted octanol–water partition coefficient (Wildman–Crippen LogP) is 3.60. The standard InChI is InChI=1S/C12H20O3/c1-10(6-5-9-15-12(13)14)11-7-3-2-4-8-11/h6,11H,2-5,7-9H2,1H3,(H,13,14)/b10-6+. The minimum atomic E-state index is -1.18. The summed E-state index contributed by atoms with van der Waals surface area (Å²) in [6.07, 6.45) is 8.27. The number of carboxylic acid groups (broad SMARTS) is 1. The largest absolute Gasteiger partial charge is 0.505 e. The fraction of sp³-hybridized carbons (Fsp3) is 0.750. The molecule has 1 fully saturated rings. The van der Waals surface area contributed by atoms with Crippen LogP contribution >= 0.6 is 0 Å². The van der Waals surface area contributed by atoms with Gasteiger partial charge in [-0.3, -0.25) is 0 Å². The molecule has 0 amide bonds. The van der Waals surface area contributed by atoms with Gasteiger partial charge in [0.05, 0.1) is 6.61 Å². The molecule has 0 atom stereocenters. The summed E-state index contributed by atoms with van der Waals surface area (Å²) in [5, 5.41) is 8.28. The summed E-state index contributed by atoms with van der Waals surface area (Å²) in [7, 11) is 0. The van der Waals surface area contributed by atoms with Gasteiger partial charge in [-0.2, -0.15) is 0 Å². The fourth-order valence-corrected chi connectivity index (χ4v) is 2.16. The van der Waals surface area contributed by atoms with E-state index in [2.05, 4.69) is 17.7 Å². The van der Waals surface area contributed by atoms with Gasteiger partial charge in [-0.05, 0) is 32.1 Å². The molecular weight excluding hydrogens is 192 g/mol. The van der Waals surface area contributed by atoms with Gasteiger partial charge in [0.15, 0.2) is 0 Å². The minimum absolute atomic E-state index is 0.277. The van der Waals surface area contributed by atoms with Gasteiger partial charge in [0.2, 0.25) is 0 Å². The van der Waals surface area contributed by atoms with Crippen LogP contribution in [0.3, 0.4) is 0 Å². The van der Waals surface area contributed by atoms with Crippen molar-refractivity contribution < 1.29 is 14.6 Å². The molecule has 0 aliphatic heterocycles. The van der Waals surface area contributed by atoms with Crippen LogP contribution in [0.25, 0.3) is 0 Å². The predicted molar refractivity (Wildman–Crippen MR) is 58.9 cm³/mol. The van der Waals surface area contributed by atoms with Gasteiger partial charge in [-0.15, -0.1) is 0 Å².